The van der Waals surface area contributed by atoms with Crippen molar-refractivity contribution in [2.45, 2.75) is 81.6 Å². The molecule has 8 heteroatoms. The van der Waals surface area contributed by atoms with E-state index in [1.807, 2.05) is 42.7 Å². The third-order valence-corrected chi connectivity index (χ3v) is 9.77. The number of benzene rings is 1. The van der Waals surface area contributed by atoms with Crippen molar-refractivity contribution >= 4 is 35.2 Å². The molecule has 2 N–H and O–H groups in total. The van der Waals surface area contributed by atoms with E-state index in [2.05, 4.69) is 31.4 Å². The van der Waals surface area contributed by atoms with E-state index in [9.17, 15) is 14.4 Å². The van der Waals surface area contributed by atoms with Crippen LogP contribution >= 0.6 is 11.8 Å². The molecule has 37 heavy (non-hydrogen) atoms. The Morgan fingerprint density at radius 1 is 1.22 bits per heavy atom. The molecule has 3 aliphatic heterocycles. The van der Waals surface area contributed by atoms with Crippen molar-refractivity contribution in [1.29, 1.82) is 0 Å². The van der Waals surface area contributed by atoms with E-state index in [1.54, 1.807) is 16.7 Å². The highest BCUT2D eigenvalue weighted by molar-refractivity contribution is 7.98. The number of hydrogen-bond donors (Lipinski definition) is 2. The first-order chi connectivity index (χ1) is 17.8. The van der Waals surface area contributed by atoms with Crippen molar-refractivity contribution in [3.05, 3.63) is 36.4 Å². The lowest BCUT2D eigenvalue weighted by molar-refractivity contribution is -0.141. The average Bonchev–Trinajstić information content (AvgIpc) is 3.53. The van der Waals surface area contributed by atoms with Crippen LogP contribution in [0.5, 0.6) is 0 Å². The second-order valence-corrected chi connectivity index (χ2v) is 12.1. The molecular weight excluding hydrogens is 486 g/mol. The molecule has 0 aromatic heterocycles. The summed E-state index contributed by atoms with van der Waals surface area (Å²) in [6.45, 7) is 7.00. The SMILES string of the molecule is CCCCN1C(=O)[C@@H]2[C@H](C(=O)Nc3cccc(SC)c3)[C@@H]3C=C[C@@]2(O3)[C@@H]1C(=O)N[C@@H]1CCC[C@H](C)[C@H]1C. The van der Waals surface area contributed by atoms with Crippen molar-refractivity contribution in [3.63, 3.8) is 0 Å². The molecule has 0 radical (unpaired) electrons. The summed E-state index contributed by atoms with van der Waals surface area (Å²) < 4.78 is 6.45. The molecule has 3 fully saturated rings. The summed E-state index contributed by atoms with van der Waals surface area (Å²) in [6, 6.07) is 6.99. The summed E-state index contributed by atoms with van der Waals surface area (Å²) in [5.41, 5.74) is -0.410. The number of hydrogen-bond acceptors (Lipinski definition) is 5. The molecule has 1 aromatic rings. The van der Waals surface area contributed by atoms with Gasteiger partial charge in [-0.25, -0.2) is 0 Å². The van der Waals surface area contributed by atoms with Crippen LogP contribution in [0.1, 0.15) is 52.9 Å². The number of ether oxygens (including phenoxy) is 1. The molecule has 0 unspecified atom stereocenters. The Bertz CT molecular complexity index is 1090. The highest BCUT2D eigenvalue weighted by Crippen LogP contribution is 2.55. The topological polar surface area (TPSA) is 87.7 Å². The summed E-state index contributed by atoms with van der Waals surface area (Å²) in [5, 5.41) is 6.32. The number of likely N-dealkylation sites (tertiary alicyclic amines) is 1. The van der Waals surface area contributed by atoms with Crippen LogP contribution in [-0.2, 0) is 19.1 Å². The van der Waals surface area contributed by atoms with Crippen LogP contribution in [0.2, 0.25) is 0 Å². The summed E-state index contributed by atoms with van der Waals surface area (Å²) in [5.74, 6) is -1.01. The lowest BCUT2D eigenvalue weighted by Gasteiger charge is -2.38. The first-order valence-electron chi connectivity index (χ1n) is 13.7. The van der Waals surface area contributed by atoms with Crippen molar-refractivity contribution in [3.8, 4) is 0 Å². The normalized spacial score (nSPS) is 36.1. The fraction of sp³-hybridized carbons (Fsp3) is 0.621. The van der Waals surface area contributed by atoms with E-state index in [1.165, 1.54) is 6.42 Å². The fourth-order valence-corrected chi connectivity index (χ4v) is 7.27. The van der Waals surface area contributed by atoms with Gasteiger partial charge >= 0.3 is 0 Å². The molecule has 2 bridgehead atoms. The molecule has 4 aliphatic rings. The lowest BCUT2D eigenvalue weighted by Crippen LogP contribution is -2.58. The largest absolute Gasteiger partial charge is 0.359 e. The maximum Gasteiger partial charge on any atom is 0.246 e. The van der Waals surface area contributed by atoms with Gasteiger partial charge in [0, 0.05) is 23.2 Å². The van der Waals surface area contributed by atoms with Crippen LogP contribution in [-0.4, -0.2) is 59.2 Å². The van der Waals surface area contributed by atoms with Crippen LogP contribution in [0, 0.1) is 23.7 Å². The quantitative estimate of drug-likeness (QED) is 0.392. The molecule has 7 nitrogen and oxygen atoms in total. The van der Waals surface area contributed by atoms with Gasteiger partial charge in [0.25, 0.3) is 0 Å². The number of carbonyl (C=O) groups is 3. The Labute approximate surface area is 224 Å². The van der Waals surface area contributed by atoms with Gasteiger partial charge in [0.05, 0.1) is 17.9 Å². The predicted octanol–water partition coefficient (Wildman–Crippen LogP) is 4.24. The lowest BCUT2D eigenvalue weighted by atomic mass is 9.73. The first-order valence-corrected chi connectivity index (χ1v) is 15.0. The van der Waals surface area contributed by atoms with E-state index in [-0.39, 0.29) is 23.8 Å². The van der Waals surface area contributed by atoms with Gasteiger partial charge in [-0.2, -0.15) is 0 Å². The standard InChI is InChI=1S/C29H39N3O4S/c1-5-6-15-32-25(27(34)31-21-12-7-9-17(2)18(21)3)29-14-13-22(36-29)23(24(29)28(32)35)26(33)30-19-10-8-11-20(16-19)37-4/h8,10-11,13-14,16-18,21-25H,5-7,9,12,15H2,1-4H3,(H,30,33)(H,31,34)/t17-,18+,21+,22-,23+,24-,25-,29-/m0/s1. The molecule has 1 saturated carbocycles. The predicted molar refractivity (Wildman–Crippen MR) is 145 cm³/mol. The molecule has 200 valence electrons. The third kappa shape index (κ3) is 4.50. The van der Waals surface area contributed by atoms with Crippen LogP contribution in [0.4, 0.5) is 5.69 Å². The molecule has 1 spiro atoms. The minimum Gasteiger partial charge on any atom is -0.359 e. The highest BCUT2D eigenvalue weighted by atomic mass is 32.2. The van der Waals surface area contributed by atoms with E-state index in [0.717, 1.165) is 30.6 Å². The number of amides is 3. The Morgan fingerprint density at radius 3 is 2.78 bits per heavy atom. The minimum atomic E-state index is -1.10. The number of thioether (sulfide) groups is 1. The van der Waals surface area contributed by atoms with Gasteiger partial charge in [-0.05, 0) is 49.1 Å². The number of nitrogens with one attached hydrogen (secondary N) is 2. The number of anilines is 1. The van der Waals surface area contributed by atoms with E-state index in [0.29, 0.717) is 24.1 Å². The summed E-state index contributed by atoms with van der Waals surface area (Å²) in [4.78, 5) is 44.2. The Hall–Kier alpha value is -2.32. The fourth-order valence-electron chi connectivity index (χ4n) is 6.81. The van der Waals surface area contributed by atoms with Crippen LogP contribution in [0.3, 0.4) is 0 Å². The van der Waals surface area contributed by atoms with Gasteiger partial charge in [0.15, 0.2) is 0 Å². The molecule has 1 aliphatic carbocycles. The number of fused-ring (bicyclic) bond motifs is 1. The van der Waals surface area contributed by atoms with E-state index >= 15 is 0 Å². The summed E-state index contributed by atoms with van der Waals surface area (Å²) in [6.07, 6.45) is 10.1. The zero-order chi connectivity index (χ0) is 26.3. The Kier molecular flexibility index (Phi) is 7.42. The maximum atomic E-state index is 13.9. The highest BCUT2D eigenvalue weighted by Gasteiger charge is 2.72. The van der Waals surface area contributed by atoms with Crippen molar-refractivity contribution in [2.75, 3.05) is 18.1 Å². The molecular formula is C29H39N3O4S. The molecule has 2 saturated heterocycles. The van der Waals surface area contributed by atoms with Crippen LogP contribution in [0.25, 0.3) is 0 Å². The zero-order valence-electron chi connectivity index (χ0n) is 22.2. The smallest absolute Gasteiger partial charge is 0.246 e. The van der Waals surface area contributed by atoms with Gasteiger partial charge in [-0.15, -0.1) is 11.8 Å². The molecule has 8 atom stereocenters. The number of unbranched alkanes of at least 4 members (excludes halogenated alkanes) is 1. The first kappa shape index (κ1) is 26.3. The number of carbonyl (C=O) groups excluding carboxylic acids is 3. The Morgan fingerprint density at radius 2 is 2.03 bits per heavy atom. The molecule has 3 amide bonds. The van der Waals surface area contributed by atoms with E-state index in [4.69, 9.17) is 4.74 Å². The Balaban J connectivity index is 1.42. The van der Waals surface area contributed by atoms with Crippen molar-refractivity contribution in [1.82, 2.24) is 10.2 Å². The average molecular weight is 526 g/mol. The number of rotatable bonds is 8. The monoisotopic (exact) mass is 525 g/mol. The van der Waals surface area contributed by atoms with Crippen molar-refractivity contribution in [2.24, 2.45) is 23.7 Å². The third-order valence-electron chi connectivity index (χ3n) is 9.05. The summed E-state index contributed by atoms with van der Waals surface area (Å²) in [7, 11) is 0. The molecule has 1 aromatic carbocycles. The second kappa shape index (κ2) is 10.4. The summed E-state index contributed by atoms with van der Waals surface area (Å²) >= 11 is 1.60. The van der Waals surface area contributed by atoms with Crippen LogP contribution < -0.4 is 10.6 Å². The van der Waals surface area contributed by atoms with Gasteiger partial charge in [0.1, 0.15) is 11.6 Å². The molecule has 3 heterocycles. The van der Waals surface area contributed by atoms with Gasteiger partial charge in [0.2, 0.25) is 17.7 Å². The minimum absolute atomic E-state index is 0.0835. The van der Waals surface area contributed by atoms with Crippen LogP contribution in [0.15, 0.2) is 41.3 Å². The number of nitrogens with zero attached hydrogens (tertiary/aromatic N) is 1. The van der Waals surface area contributed by atoms with Gasteiger partial charge in [-0.1, -0.05) is 58.3 Å². The zero-order valence-corrected chi connectivity index (χ0v) is 23.1. The van der Waals surface area contributed by atoms with Gasteiger partial charge < -0.3 is 20.3 Å². The van der Waals surface area contributed by atoms with Crippen molar-refractivity contribution < 1.29 is 19.1 Å². The van der Waals surface area contributed by atoms with E-state index < -0.39 is 29.6 Å². The second-order valence-electron chi connectivity index (χ2n) is 11.2. The molecule has 5 rings (SSSR count). The maximum absolute atomic E-state index is 13.9. The van der Waals surface area contributed by atoms with Gasteiger partial charge in [-0.3, -0.25) is 14.4 Å².